The van der Waals surface area contributed by atoms with Crippen LogP contribution in [0.25, 0.3) is 0 Å². The highest BCUT2D eigenvalue weighted by molar-refractivity contribution is 7.98. The predicted octanol–water partition coefficient (Wildman–Crippen LogP) is 1.44. The summed E-state index contributed by atoms with van der Waals surface area (Å²) in [5.74, 6) is 0.950. The molecule has 0 radical (unpaired) electrons. The molecule has 11 heavy (non-hydrogen) atoms. The number of hydrogen-bond donors (Lipinski definition) is 1. The Kier molecular flexibility index (Phi) is 3.39. The second-order valence-electron chi connectivity index (χ2n) is 2.35. The van der Waals surface area contributed by atoms with Gasteiger partial charge in [-0.25, -0.2) is 0 Å². The Bertz CT molecular complexity index is 201. The van der Waals surface area contributed by atoms with E-state index in [0.717, 1.165) is 11.3 Å². The van der Waals surface area contributed by atoms with Crippen LogP contribution >= 0.6 is 11.8 Å². The molecule has 0 bridgehead atoms. The van der Waals surface area contributed by atoms with Gasteiger partial charge in [0.15, 0.2) is 0 Å². The molecular formula is C8H12N2S. The van der Waals surface area contributed by atoms with Crippen LogP contribution in [0.15, 0.2) is 24.5 Å². The number of pyridine rings is 1. The van der Waals surface area contributed by atoms with E-state index in [4.69, 9.17) is 5.73 Å². The molecule has 1 aromatic heterocycles. The van der Waals surface area contributed by atoms with E-state index in [1.807, 2.05) is 18.3 Å². The summed E-state index contributed by atoms with van der Waals surface area (Å²) in [7, 11) is 0. The van der Waals surface area contributed by atoms with Crippen molar-refractivity contribution in [1.82, 2.24) is 4.98 Å². The minimum absolute atomic E-state index is 0.124. The number of thioether (sulfide) groups is 1. The van der Waals surface area contributed by atoms with Gasteiger partial charge >= 0.3 is 0 Å². The number of hydrogen-bond acceptors (Lipinski definition) is 3. The summed E-state index contributed by atoms with van der Waals surface area (Å²) in [5, 5.41) is 0. The van der Waals surface area contributed by atoms with Crippen LogP contribution in [0.4, 0.5) is 0 Å². The van der Waals surface area contributed by atoms with Gasteiger partial charge in [0.1, 0.15) is 0 Å². The molecule has 0 fully saturated rings. The Labute approximate surface area is 71.2 Å². The van der Waals surface area contributed by atoms with Gasteiger partial charge in [-0.1, -0.05) is 6.07 Å². The summed E-state index contributed by atoms with van der Waals surface area (Å²) in [6, 6.07) is 4.04. The summed E-state index contributed by atoms with van der Waals surface area (Å²) in [5.41, 5.74) is 6.96. The molecular weight excluding hydrogens is 156 g/mol. The van der Waals surface area contributed by atoms with Crippen molar-refractivity contribution in [3.8, 4) is 0 Å². The average Bonchev–Trinajstić information content (AvgIpc) is 2.07. The van der Waals surface area contributed by atoms with Crippen molar-refractivity contribution in [2.45, 2.75) is 6.04 Å². The van der Waals surface area contributed by atoms with Gasteiger partial charge in [0.05, 0.1) is 0 Å². The maximum absolute atomic E-state index is 5.84. The Morgan fingerprint density at radius 2 is 2.55 bits per heavy atom. The molecule has 2 nitrogen and oxygen atoms in total. The summed E-state index contributed by atoms with van der Waals surface area (Å²) in [6.07, 6.45) is 5.63. The van der Waals surface area contributed by atoms with Crippen LogP contribution in [0.1, 0.15) is 11.6 Å². The highest BCUT2D eigenvalue weighted by Crippen LogP contribution is 2.11. The fourth-order valence-electron chi connectivity index (χ4n) is 0.871. The molecule has 1 rings (SSSR count). The minimum Gasteiger partial charge on any atom is -0.323 e. The normalized spacial score (nSPS) is 12.9. The third-order valence-corrected chi connectivity index (χ3v) is 2.15. The lowest BCUT2D eigenvalue weighted by atomic mass is 10.2. The molecule has 1 unspecified atom stereocenters. The monoisotopic (exact) mass is 168 g/mol. The van der Waals surface area contributed by atoms with Gasteiger partial charge in [0, 0.05) is 24.2 Å². The SMILES string of the molecule is CSCC(N)c1cccnc1. The first-order chi connectivity index (χ1) is 5.34. The van der Waals surface area contributed by atoms with Gasteiger partial charge in [-0.05, 0) is 17.9 Å². The molecule has 0 saturated carbocycles. The van der Waals surface area contributed by atoms with E-state index < -0.39 is 0 Å². The van der Waals surface area contributed by atoms with Crippen molar-refractivity contribution >= 4 is 11.8 Å². The van der Waals surface area contributed by atoms with Gasteiger partial charge in [-0.2, -0.15) is 11.8 Å². The van der Waals surface area contributed by atoms with Gasteiger partial charge in [-0.15, -0.1) is 0 Å². The highest BCUT2D eigenvalue weighted by atomic mass is 32.2. The molecule has 1 atom stereocenters. The van der Waals surface area contributed by atoms with Gasteiger partial charge < -0.3 is 5.73 Å². The van der Waals surface area contributed by atoms with Crippen LogP contribution in [0.2, 0.25) is 0 Å². The van der Waals surface area contributed by atoms with Crippen molar-refractivity contribution in [2.75, 3.05) is 12.0 Å². The van der Waals surface area contributed by atoms with E-state index >= 15 is 0 Å². The zero-order chi connectivity index (χ0) is 8.10. The van der Waals surface area contributed by atoms with E-state index in [9.17, 15) is 0 Å². The molecule has 0 aliphatic carbocycles. The van der Waals surface area contributed by atoms with Crippen LogP contribution in [0.5, 0.6) is 0 Å². The zero-order valence-corrected chi connectivity index (χ0v) is 7.34. The summed E-state index contributed by atoms with van der Waals surface area (Å²) in [6.45, 7) is 0. The van der Waals surface area contributed by atoms with Gasteiger partial charge in [0.25, 0.3) is 0 Å². The van der Waals surface area contributed by atoms with Crippen LogP contribution < -0.4 is 5.73 Å². The molecule has 1 heterocycles. The molecule has 0 aromatic carbocycles. The number of nitrogens with two attached hydrogens (primary N) is 1. The van der Waals surface area contributed by atoms with E-state index in [2.05, 4.69) is 11.2 Å². The Morgan fingerprint density at radius 1 is 1.73 bits per heavy atom. The van der Waals surface area contributed by atoms with Crippen LogP contribution in [0.3, 0.4) is 0 Å². The van der Waals surface area contributed by atoms with Crippen molar-refractivity contribution in [3.05, 3.63) is 30.1 Å². The topological polar surface area (TPSA) is 38.9 Å². The fourth-order valence-corrected chi connectivity index (χ4v) is 1.42. The van der Waals surface area contributed by atoms with E-state index in [1.54, 1.807) is 18.0 Å². The van der Waals surface area contributed by atoms with Gasteiger partial charge in [-0.3, -0.25) is 4.98 Å². The maximum atomic E-state index is 5.84. The van der Waals surface area contributed by atoms with E-state index in [-0.39, 0.29) is 6.04 Å². The molecule has 0 aliphatic rings. The van der Waals surface area contributed by atoms with Crippen LogP contribution in [0, 0.1) is 0 Å². The minimum atomic E-state index is 0.124. The lowest BCUT2D eigenvalue weighted by Crippen LogP contribution is -2.12. The largest absolute Gasteiger partial charge is 0.323 e. The zero-order valence-electron chi connectivity index (χ0n) is 6.53. The smallest absolute Gasteiger partial charge is 0.0402 e. The third-order valence-electron chi connectivity index (χ3n) is 1.46. The van der Waals surface area contributed by atoms with Crippen molar-refractivity contribution < 1.29 is 0 Å². The number of nitrogens with zero attached hydrogens (tertiary/aromatic N) is 1. The Hall–Kier alpha value is -0.540. The van der Waals surface area contributed by atoms with Crippen molar-refractivity contribution in [2.24, 2.45) is 5.73 Å². The summed E-state index contributed by atoms with van der Waals surface area (Å²) < 4.78 is 0. The molecule has 0 aliphatic heterocycles. The van der Waals surface area contributed by atoms with Crippen LogP contribution in [-0.4, -0.2) is 17.0 Å². The first kappa shape index (κ1) is 8.56. The second kappa shape index (κ2) is 4.36. The van der Waals surface area contributed by atoms with Crippen LogP contribution in [-0.2, 0) is 0 Å². The Morgan fingerprint density at radius 3 is 3.09 bits per heavy atom. The predicted molar refractivity (Wildman–Crippen MR) is 49.5 cm³/mol. The molecule has 60 valence electrons. The Balaban J connectivity index is 2.61. The van der Waals surface area contributed by atoms with E-state index in [1.165, 1.54) is 0 Å². The summed E-state index contributed by atoms with van der Waals surface area (Å²) in [4.78, 5) is 4.00. The molecule has 0 saturated heterocycles. The van der Waals surface area contributed by atoms with E-state index in [0.29, 0.717) is 0 Å². The third kappa shape index (κ3) is 2.52. The van der Waals surface area contributed by atoms with Crippen molar-refractivity contribution in [1.29, 1.82) is 0 Å². The quantitative estimate of drug-likeness (QED) is 0.742. The first-order valence-corrected chi connectivity index (χ1v) is 4.88. The second-order valence-corrected chi connectivity index (χ2v) is 3.26. The standard InChI is InChI=1S/C8H12N2S/c1-11-6-8(9)7-3-2-4-10-5-7/h2-5,8H,6,9H2,1H3. The molecule has 0 spiro atoms. The molecule has 0 amide bonds. The highest BCUT2D eigenvalue weighted by Gasteiger charge is 2.02. The molecule has 2 N–H and O–H groups in total. The number of rotatable bonds is 3. The average molecular weight is 168 g/mol. The number of aromatic nitrogens is 1. The molecule has 3 heteroatoms. The lowest BCUT2D eigenvalue weighted by Gasteiger charge is -2.08. The summed E-state index contributed by atoms with van der Waals surface area (Å²) >= 11 is 1.75. The van der Waals surface area contributed by atoms with Crippen molar-refractivity contribution in [3.63, 3.8) is 0 Å². The lowest BCUT2D eigenvalue weighted by molar-refractivity contribution is 0.825. The fraction of sp³-hybridized carbons (Fsp3) is 0.375. The molecule has 1 aromatic rings. The first-order valence-electron chi connectivity index (χ1n) is 3.49. The maximum Gasteiger partial charge on any atom is 0.0402 e. The van der Waals surface area contributed by atoms with Gasteiger partial charge in [0.2, 0.25) is 0 Å².